The molecule has 0 aliphatic rings. The number of aromatic amines is 1. The van der Waals surface area contributed by atoms with Crippen molar-refractivity contribution in [1.29, 1.82) is 0 Å². The molecule has 0 amide bonds. The van der Waals surface area contributed by atoms with E-state index in [4.69, 9.17) is 11.6 Å². The maximum absolute atomic E-state index is 12.1. The molecule has 0 aliphatic heterocycles. The van der Waals surface area contributed by atoms with Gasteiger partial charge in [-0.15, -0.1) is 11.6 Å². The Kier molecular flexibility index (Phi) is 4.11. The molecule has 0 saturated carbocycles. The molecule has 0 saturated heterocycles. The van der Waals surface area contributed by atoms with Crippen molar-refractivity contribution in [1.82, 2.24) is 9.29 Å². The van der Waals surface area contributed by atoms with Gasteiger partial charge in [-0.1, -0.05) is 0 Å². The van der Waals surface area contributed by atoms with E-state index in [1.165, 1.54) is 6.07 Å². The minimum absolute atomic E-state index is 0.0541. The summed E-state index contributed by atoms with van der Waals surface area (Å²) in [5.74, 6) is 0.0541. The zero-order valence-electron chi connectivity index (χ0n) is 8.75. The van der Waals surface area contributed by atoms with Crippen LogP contribution in [0.4, 0.5) is 13.2 Å². The molecule has 1 aromatic heterocycles. The molecule has 4 nitrogen and oxygen atoms in total. The molecule has 0 unspecified atom stereocenters. The van der Waals surface area contributed by atoms with Gasteiger partial charge in [-0.05, 0) is 6.07 Å². The number of nitrogens with zero attached hydrogens (tertiary/aromatic N) is 1. The fraction of sp³-hybridized carbons (Fsp3) is 0.500. The van der Waals surface area contributed by atoms with Crippen LogP contribution in [0.1, 0.15) is 5.69 Å². The molecule has 1 heterocycles. The lowest BCUT2D eigenvalue weighted by Gasteiger charge is -2.17. The second kappa shape index (κ2) is 4.87. The second-order valence-electron chi connectivity index (χ2n) is 3.37. The van der Waals surface area contributed by atoms with Gasteiger partial charge in [-0.3, -0.25) is 0 Å². The van der Waals surface area contributed by atoms with Crippen LogP contribution in [0.15, 0.2) is 17.2 Å². The van der Waals surface area contributed by atoms with Crippen LogP contribution in [0.3, 0.4) is 0 Å². The number of nitrogens with one attached hydrogen (secondary N) is 1. The molecule has 0 spiro atoms. The first-order chi connectivity index (χ1) is 7.66. The smallest absolute Gasteiger partial charge is 0.363 e. The van der Waals surface area contributed by atoms with Crippen molar-refractivity contribution in [2.45, 2.75) is 17.0 Å². The Morgan fingerprint density at radius 1 is 1.47 bits per heavy atom. The first-order valence-corrected chi connectivity index (χ1v) is 6.40. The van der Waals surface area contributed by atoms with Gasteiger partial charge in [0.1, 0.15) is 6.54 Å². The molecule has 0 radical (unpaired) electrons. The first-order valence-electron chi connectivity index (χ1n) is 4.43. The number of alkyl halides is 4. The topological polar surface area (TPSA) is 53.2 Å². The summed E-state index contributed by atoms with van der Waals surface area (Å²) in [6.07, 6.45) is -3.46. The quantitative estimate of drug-likeness (QED) is 0.862. The molecule has 0 aliphatic carbocycles. The van der Waals surface area contributed by atoms with Gasteiger partial charge in [0, 0.05) is 18.9 Å². The first kappa shape index (κ1) is 14.3. The van der Waals surface area contributed by atoms with Gasteiger partial charge in [0.2, 0.25) is 10.0 Å². The highest BCUT2D eigenvalue weighted by Gasteiger charge is 2.35. The van der Waals surface area contributed by atoms with Crippen LogP contribution >= 0.6 is 11.6 Å². The SMILES string of the molecule is CN(CC(F)(F)F)S(=O)(=O)c1c[nH]c(CCl)c1. The Balaban J connectivity index is 2.95. The van der Waals surface area contributed by atoms with Crippen LogP contribution in [0, 0.1) is 0 Å². The predicted octanol–water partition coefficient (Wildman–Crippen LogP) is 1.94. The van der Waals surface area contributed by atoms with Crippen LogP contribution < -0.4 is 0 Å². The average Bonchev–Trinajstić information content (AvgIpc) is 2.63. The molecule has 1 N–H and O–H groups in total. The number of halogens is 4. The molecule has 0 bridgehead atoms. The summed E-state index contributed by atoms with van der Waals surface area (Å²) >= 11 is 5.46. The van der Waals surface area contributed by atoms with Crippen molar-refractivity contribution in [3.8, 4) is 0 Å². The minimum Gasteiger partial charge on any atom is -0.363 e. The van der Waals surface area contributed by atoms with Crippen molar-refractivity contribution < 1.29 is 21.6 Å². The van der Waals surface area contributed by atoms with Crippen LogP contribution in [0.25, 0.3) is 0 Å². The standard InChI is InChI=1S/C8H10ClF3N2O2S/c1-14(5-8(10,11)12)17(15,16)7-2-6(3-9)13-4-7/h2,4,13H,3,5H2,1H3. The summed E-state index contributed by atoms with van der Waals surface area (Å²) in [6, 6.07) is 1.20. The third-order valence-corrected chi connectivity index (χ3v) is 4.04. The van der Waals surface area contributed by atoms with Gasteiger partial charge in [-0.25, -0.2) is 8.42 Å². The number of H-pyrrole nitrogens is 1. The van der Waals surface area contributed by atoms with Crippen molar-refractivity contribution in [3.05, 3.63) is 18.0 Å². The highest BCUT2D eigenvalue weighted by Crippen LogP contribution is 2.21. The highest BCUT2D eigenvalue weighted by molar-refractivity contribution is 7.89. The summed E-state index contributed by atoms with van der Waals surface area (Å²) in [5, 5.41) is 0. The van der Waals surface area contributed by atoms with Crippen LogP contribution in [0.5, 0.6) is 0 Å². The van der Waals surface area contributed by atoms with Gasteiger partial charge in [0.25, 0.3) is 0 Å². The normalized spacial score (nSPS) is 13.3. The average molecular weight is 291 g/mol. The van der Waals surface area contributed by atoms with Crippen LogP contribution in [-0.2, 0) is 15.9 Å². The maximum Gasteiger partial charge on any atom is 0.402 e. The van der Waals surface area contributed by atoms with E-state index in [9.17, 15) is 21.6 Å². The fourth-order valence-electron chi connectivity index (χ4n) is 1.16. The third-order valence-electron chi connectivity index (χ3n) is 1.97. The van der Waals surface area contributed by atoms with Gasteiger partial charge in [0.05, 0.1) is 10.8 Å². The highest BCUT2D eigenvalue weighted by atomic mass is 35.5. The van der Waals surface area contributed by atoms with Crippen molar-refractivity contribution in [2.75, 3.05) is 13.6 Å². The van der Waals surface area contributed by atoms with E-state index in [1.807, 2.05) is 0 Å². The second-order valence-corrected chi connectivity index (χ2v) is 5.68. The number of hydrogen-bond donors (Lipinski definition) is 1. The number of rotatable bonds is 4. The largest absolute Gasteiger partial charge is 0.402 e. The third kappa shape index (κ3) is 3.62. The molecule has 1 rings (SSSR count). The van der Waals surface area contributed by atoms with Crippen molar-refractivity contribution in [3.63, 3.8) is 0 Å². The summed E-state index contributed by atoms with van der Waals surface area (Å²) in [4.78, 5) is 2.32. The monoisotopic (exact) mass is 290 g/mol. The molecule has 0 fully saturated rings. The molecule has 0 aromatic carbocycles. The lowest BCUT2D eigenvalue weighted by Crippen LogP contribution is -2.35. The van der Waals surface area contributed by atoms with Gasteiger partial charge in [-0.2, -0.15) is 17.5 Å². The van der Waals surface area contributed by atoms with E-state index < -0.39 is 22.7 Å². The van der Waals surface area contributed by atoms with Gasteiger partial charge >= 0.3 is 6.18 Å². The predicted molar refractivity (Wildman–Crippen MR) is 56.2 cm³/mol. The molecule has 0 atom stereocenters. The van der Waals surface area contributed by atoms with E-state index in [0.29, 0.717) is 5.69 Å². The molecule has 17 heavy (non-hydrogen) atoms. The lowest BCUT2D eigenvalue weighted by molar-refractivity contribution is -0.134. The van der Waals surface area contributed by atoms with Gasteiger partial charge < -0.3 is 4.98 Å². The summed E-state index contributed by atoms with van der Waals surface area (Å²) < 4.78 is 59.9. The maximum atomic E-state index is 12.1. The van der Waals surface area contributed by atoms with Crippen molar-refractivity contribution in [2.24, 2.45) is 0 Å². The number of hydrogen-bond acceptors (Lipinski definition) is 2. The van der Waals surface area contributed by atoms with E-state index in [0.717, 1.165) is 13.2 Å². The molecular weight excluding hydrogens is 281 g/mol. The van der Waals surface area contributed by atoms with E-state index in [1.54, 1.807) is 0 Å². The zero-order chi connectivity index (χ0) is 13.3. The molecule has 9 heteroatoms. The number of sulfonamides is 1. The fourth-order valence-corrected chi connectivity index (χ4v) is 2.49. The lowest BCUT2D eigenvalue weighted by atomic mass is 10.5. The Hall–Kier alpha value is -0.730. The molecule has 1 aromatic rings. The Labute approximate surface area is 101 Å². The Morgan fingerprint density at radius 3 is 2.47 bits per heavy atom. The summed E-state index contributed by atoms with van der Waals surface area (Å²) in [7, 11) is -3.27. The minimum atomic E-state index is -4.58. The summed E-state index contributed by atoms with van der Waals surface area (Å²) in [5.41, 5.74) is 0.422. The van der Waals surface area contributed by atoms with E-state index in [-0.39, 0.29) is 15.1 Å². The zero-order valence-corrected chi connectivity index (χ0v) is 10.3. The summed E-state index contributed by atoms with van der Waals surface area (Å²) in [6.45, 7) is -1.53. The van der Waals surface area contributed by atoms with Crippen LogP contribution in [0.2, 0.25) is 0 Å². The van der Waals surface area contributed by atoms with E-state index >= 15 is 0 Å². The molecule has 98 valence electrons. The van der Waals surface area contributed by atoms with E-state index in [2.05, 4.69) is 4.98 Å². The Morgan fingerprint density at radius 2 is 2.06 bits per heavy atom. The number of aromatic nitrogens is 1. The molecular formula is C8H10ClF3N2O2S. The van der Waals surface area contributed by atoms with Crippen molar-refractivity contribution >= 4 is 21.6 Å². The van der Waals surface area contributed by atoms with Crippen LogP contribution in [-0.4, -0.2) is 37.5 Å². The Bertz CT molecular complexity index is 483. The van der Waals surface area contributed by atoms with Gasteiger partial charge in [0.15, 0.2) is 0 Å².